The van der Waals surface area contributed by atoms with E-state index in [-0.39, 0.29) is 0 Å². The van der Waals surface area contributed by atoms with Gasteiger partial charge in [0.15, 0.2) is 0 Å². The first-order valence-corrected chi connectivity index (χ1v) is 6.80. The van der Waals surface area contributed by atoms with Gasteiger partial charge in [0, 0.05) is 11.3 Å². The molecule has 0 unspecified atom stereocenters. The molecule has 0 radical (unpaired) electrons. The van der Waals surface area contributed by atoms with Crippen molar-refractivity contribution < 1.29 is 0 Å². The van der Waals surface area contributed by atoms with Gasteiger partial charge in [0.2, 0.25) is 0 Å². The molecule has 0 atom stereocenters. The Labute approximate surface area is 102 Å². The predicted molar refractivity (Wildman–Crippen MR) is 69.6 cm³/mol. The van der Waals surface area contributed by atoms with Crippen molar-refractivity contribution in [1.82, 2.24) is 5.32 Å². The number of rotatable bonds is 7. The van der Waals surface area contributed by atoms with Crippen molar-refractivity contribution >= 4 is 11.8 Å². The van der Waals surface area contributed by atoms with Gasteiger partial charge in [-0.1, -0.05) is 12.1 Å². The third-order valence-corrected chi connectivity index (χ3v) is 3.14. The van der Waals surface area contributed by atoms with Gasteiger partial charge in [0.05, 0.1) is 6.07 Å². The molecule has 3 heteroatoms. The van der Waals surface area contributed by atoms with E-state index in [0.717, 1.165) is 25.9 Å². The van der Waals surface area contributed by atoms with Crippen LogP contribution in [0.2, 0.25) is 0 Å². The molecule has 0 fully saturated rings. The predicted octanol–water partition coefficient (Wildman–Crippen LogP) is 2.84. The van der Waals surface area contributed by atoms with Gasteiger partial charge in [-0.15, -0.1) is 11.8 Å². The summed E-state index contributed by atoms with van der Waals surface area (Å²) in [4.78, 5) is 1.31. The molecule has 16 heavy (non-hydrogen) atoms. The summed E-state index contributed by atoms with van der Waals surface area (Å²) >= 11 is 1.77. The van der Waals surface area contributed by atoms with Crippen LogP contribution in [0, 0.1) is 11.3 Å². The minimum absolute atomic E-state index is 0.648. The molecule has 0 saturated heterocycles. The Morgan fingerprint density at radius 1 is 1.25 bits per heavy atom. The van der Waals surface area contributed by atoms with E-state index in [2.05, 4.69) is 41.9 Å². The molecule has 1 rings (SSSR count). The number of benzene rings is 1. The lowest BCUT2D eigenvalue weighted by molar-refractivity contribution is 0.655. The van der Waals surface area contributed by atoms with Crippen molar-refractivity contribution in [2.45, 2.75) is 24.2 Å². The Morgan fingerprint density at radius 3 is 2.62 bits per heavy atom. The average Bonchev–Trinajstić information content (AvgIpc) is 2.34. The fourth-order valence-electron chi connectivity index (χ4n) is 1.44. The van der Waals surface area contributed by atoms with Gasteiger partial charge in [-0.05, 0) is 49.9 Å². The minimum atomic E-state index is 0.648. The number of thioether (sulfide) groups is 1. The van der Waals surface area contributed by atoms with E-state index < -0.39 is 0 Å². The first-order valence-electron chi connectivity index (χ1n) is 5.57. The van der Waals surface area contributed by atoms with Gasteiger partial charge in [-0.3, -0.25) is 0 Å². The molecule has 1 N–H and O–H groups in total. The third-order valence-electron chi connectivity index (χ3n) is 2.39. The van der Waals surface area contributed by atoms with Crippen LogP contribution in [0.3, 0.4) is 0 Å². The van der Waals surface area contributed by atoms with Gasteiger partial charge >= 0.3 is 0 Å². The first kappa shape index (κ1) is 13.1. The van der Waals surface area contributed by atoms with Crippen LogP contribution in [0.5, 0.6) is 0 Å². The summed E-state index contributed by atoms with van der Waals surface area (Å²) in [5.41, 5.74) is 1.37. The quantitative estimate of drug-likeness (QED) is 0.582. The largest absolute Gasteiger partial charge is 0.316 e. The lowest BCUT2D eigenvalue weighted by atomic mass is 10.1. The van der Waals surface area contributed by atoms with Crippen molar-refractivity contribution in [3.05, 3.63) is 29.8 Å². The molecule has 2 nitrogen and oxygen atoms in total. The number of nitrogens with one attached hydrogen (secondary N) is 1. The normalized spacial score (nSPS) is 10.0. The summed E-state index contributed by atoms with van der Waals surface area (Å²) in [5, 5.41) is 11.7. The maximum atomic E-state index is 8.37. The zero-order chi connectivity index (χ0) is 11.6. The maximum Gasteiger partial charge on any atom is 0.0622 e. The smallest absolute Gasteiger partial charge is 0.0622 e. The summed E-state index contributed by atoms with van der Waals surface area (Å²) in [6, 6.07) is 10.8. The Morgan fingerprint density at radius 2 is 2.00 bits per heavy atom. The van der Waals surface area contributed by atoms with Crippen LogP contribution in [0.1, 0.15) is 18.4 Å². The van der Waals surface area contributed by atoms with E-state index in [0.29, 0.717) is 6.42 Å². The van der Waals surface area contributed by atoms with Crippen LogP contribution >= 0.6 is 11.8 Å². The number of unbranched alkanes of at least 4 members (excludes halogenated alkanes) is 1. The first-order chi connectivity index (χ1) is 7.86. The highest BCUT2D eigenvalue weighted by atomic mass is 32.2. The summed E-state index contributed by atoms with van der Waals surface area (Å²) in [6.07, 6.45) is 4.74. The Kier molecular flexibility index (Phi) is 6.71. The third kappa shape index (κ3) is 5.20. The number of nitrogens with zero attached hydrogens (tertiary/aromatic N) is 1. The summed E-state index contributed by atoms with van der Waals surface area (Å²) in [5.74, 6) is 0. The molecule has 0 aliphatic heterocycles. The standard InChI is InChI=1S/C13H18N2S/c1-16-13-6-4-12(5-7-13)8-11-15-10-3-2-9-14/h4-7,15H,2-3,8,10-11H2,1H3. The minimum Gasteiger partial charge on any atom is -0.316 e. The number of hydrogen-bond donors (Lipinski definition) is 1. The zero-order valence-corrected chi connectivity index (χ0v) is 10.5. The molecule has 0 saturated carbocycles. The van der Waals surface area contributed by atoms with Crippen LogP contribution in [0.4, 0.5) is 0 Å². The van der Waals surface area contributed by atoms with Crippen LogP contribution < -0.4 is 5.32 Å². The lowest BCUT2D eigenvalue weighted by Crippen LogP contribution is -2.18. The van der Waals surface area contributed by atoms with E-state index in [1.807, 2.05) is 0 Å². The van der Waals surface area contributed by atoms with E-state index in [9.17, 15) is 0 Å². The van der Waals surface area contributed by atoms with E-state index >= 15 is 0 Å². The molecule has 0 spiro atoms. The average molecular weight is 234 g/mol. The second-order valence-electron chi connectivity index (χ2n) is 3.61. The van der Waals surface area contributed by atoms with E-state index in [1.165, 1.54) is 10.5 Å². The molecule has 0 amide bonds. The van der Waals surface area contributed by atoms with Crippen molar-refractivity contribution in [1.29, 1.82) is 5.26 Å². The van der Waals surface area contributed by atoms with E-state index in [4.69, 9.17) is 5.26 Å². The van der Waals surface area contributed by atoms with Crippen LogP contribution in [-0.2, 0) is 6.42 Å². The molecular weight excluding hydrogens is 216 g/mol. The van der Waals surface area contributed by atoms with Gasteiger partial charge < -0.3 is 5.32 Å². The topological polar surface area (TPSA) is 35.8 Å². The van der Waals surface area contributed by atoms with Crippen molar-refractivity contribution in [2.75, 3.05) is 19.3 Å². The molecule has 1 aromatic carbocycles. The van der Waals surface area contributed by atoms with Gasteiger partial charge in [-0.25, -0.2) is 0 Å². The Hall–Kier alpha value is -0.980. The summed E-state index contributed by atoms with van der Waals surface area (Å²) < 4.78 is 0. The Bertz CT molecular complexity index is 327. The molecular formula is C13H18N2S. The molecule has 0 bridgehead atoms. The van der Waals surface area contributed by atoms with Crippen LogP contribution in [-0.4, -0.2) is 19.3 Å². The second kappa shape index (κ2) is 8.20. The molecule has 1 aromatic rings. The van der Waals surface area contributed by atoms with Gasteiger partial charge in [-0.2, -0.15) is 5.26 Å². The number of hydrogen-bond acceptors (Lipinski definition) is 3. The Balaban J connectivity index is 2.15. The highest BCUT2D eigenvalue weighted by Crippen LogP contribution is 2.14. The highest BCUT2D eigenvalue weighted by molar-refractivity contribution is 7.98. The van der Waals surface area contributed by atoms with Crippen LogP contribution in [0.25, 0.3) is 0 Å². The fourth-order valence-corrected chi connectivity index (χ4v) is 1.85. The monoisotopic (exact) mass is 234 g/mol. The van der Waals surface area contributed by atoms with Gasteiger partial charge in [0.1, 0.15) is 0 Å². The van der Waals surface area contributed by atoms with Gasteiger partial charge in [0.25, 0.3) is 0 Å². The maximum absolute atomic E-state index is 8.37. The van der Waals surface area contributed by atoms with Crippen molar-refractivity contribution in [3.63, 3.8) is 0 Å². The summed E-state index contributed by atoms with van der Waals surface area (Å²) in [6.45, 7) is 1.93. The lowest BCUT2D eigenvalue weighted by Gasteiger charge is -2.04. The SMILES string of the molecule is CSc1ccc(CCNCCCC#N)cc1. The summed E-state index contributed by atoms with van der Waals surface area (Å²) in [7, 11) is 0. The molecule has 0 aliphatic carbocycles. The molecule has 0 aromatic heterocycles. The number of nitriles is 1. The molecule has 86 valence electrons. The highest BCUT2D eigenvalue weighted by Gasteiger charge is 1.94. The van der Waals surface area contributed by atoms with Crippen LogP contribution in [0.15, 0.2) is 29.2 Å². The van der Waals surface area contributed by atoms with Crippen molar-refractivity contribution in [3.8, 4) is 6.07 Å². The van der Waals surface area contributed by atoms with E-state index in [1.54, 1.807) is 11.8 Å². The molecule has 0 heterocycles. The fraction of sp³-hybridized carbons (Fsp3) is 0.462. The molecule has 0 aliphatic rings. The second-order valence-corrected chi connectivity index (χ2v) is 4.49. The van der Waals surface area contributed by atoms with Crippen molar-refractivity contribution in [2.24, 2.45) is 0 Å². The zero-order valence-electron chi connectivity index (χ0n) is 9.70.